The highest BCUT2D eigenvalue weighted by Crippen LogP contribution is 2.22. The second-order valence-electron chi connectivity index (χ2n) is 13.5. The van der Waals surface area contributed by atoms with E-state index in [4.69, 9.17) is 0 Å². The maximum absolute atomic E-state index is 9.22. The number of hydrogen-bond donors (Lipinski definition) is 1. The van der Waals surface area contributed by atoms with Crippen molar-refractivity contribution >= 4 is 10.4 Å². The van der Waals surface area contributed by atoms with Gasteiger partial charge in [0.05, 0.1) is 20.2 Å². The second-order valence-corrected chi connectivity index (χ2v) is 14.6. The highest BCUT2D eigenvalue weighted by molar-refractivity contribution is 7.80. The predicted molar refractivity (Wildman–Crippen MR) is 192 cm³/mol. The molecule has 0 aliphatic rings. The van der Waals surface area contributed by atoms with Crippen molar-refractivity contribution in [1.82, 2.24) is 0 Å². The average molecular weight is 648 g/mol. The molecule has 0 unspecified atom stereocenters. The molecule has 0 amide bonds. The molecule has 268 valence electrons. The molecule has 5 nitrogen and oxygen atoms in total. The number of quaternary nitrogens is 1. The molecule has 0 rings (SSSR count). The van der Waals surface area contributed by atoms with Crippen LogP contribution in [-0.4, -0.2) is 33.2 Å². The van der Waals surface area contributed by atoms with E-state index in [1.165, 1.54) is 212 Å². The molecule has 6 heteroatoms. The Bertz CT molecular complexity index is 582. The van der Waals surface area contributed by atoms with E-state index in [2.05, 4.69) is 30.3 Å². The van der Waals surface area contributed by atoms with Crippen molar-refractivity contribution < 1.29 is 22.5 Å². The summed E-state index contributed by atoms with van der Waals surface area (Å²) < 4.78 is 31.0. The van der Waals surface area contributed by atoms with Gasteiger partial charge in [0, 0.05) is 0 Å². The standard InChI is InChI=1S/C37H77N.CH4O4S/c1-4-7-9-11-13-15-17-19-21-23-25-27-29-31-33-37(35-36-38-6-3)34-32-30-28-26-24-22-20-18-16-14-12-10-8-5-2;1-5-6(2,3)4/h37-38H,4-36H2,1-3H3;1H3,(H,2,3,4). The third kappa shape index (κ3) is 44.0. The van der Waals surface area contributed by atoms with E-state index in [9.17, 15) is 13.0 Å². The summed E-state index contributed by atoms with van der Waals surface area (Å²) in [7, 11) is -3.60. The molecular weight excluding hydrogens is 566 g/mol. The van der Waals surface area contributed by atoms with Crippen LogP contribution in [0.25, 0.3) is 0 Å². The lowest BCUT2D eigenvalue weighted by Crippen LogP contribution is -2.83. The minimum Gasteiger partial charge on any atom is -0.726 e. The van der Waals surface area contributed by atoms with Gasteiger partial charge in [-0.1, -0.05) is 206 Å². The topological polar surface area (TPSA) is 83.0 Å². The first-order chi connectivity index (χ1) is 21.4. The predicted octanol–water partition coefficient (Wildman–Crippen LogP) is 11.4. The molecule has 0 bridgehead atoms. The van der Waals surface area contributed by atoms with Crippen molar-refractivity contribution in [2.75, 3.05) is 20.2 Å². The first kappa shape index (κ1) is 46.0. The largest absolute Gasteiger partial charge is 0.726 e. The lowest BCUT2D eigenvalue weighted by molar-refractivity contribution is -0.652. The van der Waals surface area contributed by atoms with E-state index in [1.54, 1.807) is 0 Å². The first-order valence-corrected chi connectivity index (χ1v) is 21.1. The summed E-state index contributed by atoms with van der Waals surface area (Å²) in [5.74, 6) is 1.01. The maximum atomic E-state index is 9.22. The molecule has 0 heterocycles. The van der Waals surface area contributed by atoms with Crippen molar-refractivity contribution in [2.24, 2.45) is 5.92 Å². The van der Waals surface area contributed by atoms with Crippen LogP contribution in [0, 0.1) is 5.92 Å². The van der Waals surface area contributed by atoms with Gasteiger partial charge in [-0.15, -0.1) is 0 Å². The minimum atomic E-state index is -4.41. The molecule has 0 aliphatic heterocycles. The second kappa shape index (κ2) is 39.0. The molecule has 0 saturated carbocycles. The fourth-order valence-corrected chi connectivity index (χ4v) is 6.25. The highest BCUT2D eigenvalue weighted by Gasteiger charge is 2.09. The SMILES string of the molecule is CCCCCCCCCCCCCCCCC(CCCCCCCCCCCCCCCC)CC[NH2+]CC.COS(=O)(=O)[O-]. The van der Waals surface area contributed by atoms with Gasteiger partial charge in [-0.3, -0.25) is 4.18 Å². The van der Waals surface area contributed by atoms with Crippen LogP contribution < -0.4 is 5.32 Å². The Morgan fingerprint density at radius 2 is 0.727 bits per heavy atom. The Morgan fingerprint density at radius 3 is 0.955 bits per heavy atom. The number of unbranched alkanes of at least 4 members (excludes halogenated alkanes) is 26. The van der Waals surface area contributed by atoms with Crippen LogP contribution in [0.5, 0.6) is 0 Å². The summed E-state index contributed by atoms with van der Waals surface area (Å²) in [5, 5.41) is 2.52. The molecule has 0 aromatic carbocycles. The van der Waals surface area contributed by atoms with Gasteiger partial charge in [0.25, 0.3) is 0 Å². The van der Waals surface area contributed by atoms with Gasteiger partial charge in [-0.25, -0.2) is 8.42 Å². The molecule has 0 aromatic rings. The van der Waals surface area contributed by atoms with Gasteiger partial charge in [0.15, 0.2) is 0 Å². The summed E-state index contributed by atoms with van der Waals surface area (Å²) in [6.07, 6.45) is 45.8. The van der Waals surface area contributed by atoms with Crippen LogP contribution in [-0.2, 0) is 14.6 Å². The Labute approximate surface area is 278 Å². The van der Waals surface area contributed by atoms with E-state index in [0.29, 0.717) is 0 Å². The molecule has 0 atom stereocenters. The Morgan fingerprint density at radius 1 is 0.477 bits per heavy atom. The van der Waals surface area contributed by atoms with E-state index in [1.807, 2.05) is 0 Å². The minimum absolute atomic E-state index is 0.808. The molecule has 0 aliphatic carbocycles. The summed E-state index contributed by atoms with van der Waals surface area (Å²) >= 11 is 0. The Balaban J connectivity index is 0. The summed E-state index contributed by atoms with van der Waals surface area (Å²) in [5.41, 5.74) is 0. The van der Waals surface area contributed by atoms with Crippen LogP contribution in [0.15, 0.2) is 0 Å². The van der Waals surface area contributed by atoms with Crippen LogP contribution in [0.2, 0.25) is 0 Å². The molecule has 0 saturated heterocycles. The average Bonchev–Trinajstić information content (AvgIpc) is 3.01. The Kier molecular flexibility index (Phi) is 40.7. The summed E-state index contributed by atoms with van der Waals surface area (Å²) in [6, 6.07) is 0. The third-order valence-corrected chi connectivity index (χ3v) is 9.61. The van der Waals surface area contributed by atoms with E-state index >= 15 is 0 Å². The van der Waals surface area contributed by atoms with Gasteiger partial charge in [-0.05, 0) is 19.3 Å². The molecule has 2 N–H and O–H groups in total. The molecule has 0 aromatic heterocycles. The van der Waals surface area contributed by atoms with Crippen molar-refractivity contribution in [1.29, 1.82) is 0 Å². The zero-order valence-corrected chi connectivity index (χ0v) is 31.3. The van der Waals surface area contributed by atoms with Crippen LogP contribution in [0.4, 0.5) is 0 Å². The number of rotatable bonds is 35. The first-order valence-electron chi connectivity index (χ1n) is 19.7. The highest BCUT2D eigenvalue weighted by atomic mass is 32.3. The quantitative estimate of drug-likeness (QED) is 0.0421. The van der Waals surface area contributed by atoms with Gasteiger partial charge in [0.1, 0.15) is 0 Å². The summed E-state index contributed by atoms with van der Waals surface area (Å²) in [4.78, 5) is 0. The molecular formula is C38H81NO4S. The van der Waals surface area contributed by atoms with Crippen LogP contribution in [0.1, 0.15) is 220 Å². The molecule has 0 radical (unpaired) electrons. The monoisotopic (exact) mass is 648 g/mol. The van der Waals surface area contributed by atoms with Gasteiger partial charge < -0.3 is 9.87 Å². The van der Waals surface area contributed by atoms with E-state index in [-0.39, 0.29) is 0 Å². The van der Waals surface area contributed by atoms with Crippen LogP contribution >= 0.6 is 0 Å². The normalized spacial score (nSPS) is 11.7. The van der Waals surface area contributed by atoms with Gasteiger partial charge in [0.2, 0.25) is 10.4 Å². The van der Waals surface area contributed by atoms with Crippen molar-refractivity contribution in [2.45, 2.75) is 220 Å². The van der Waals surface area contributed by atoms with Gasteiger partial charge in [-0.2, -0.15) is 0 Å². The number of nitrogens with two attached hydrogens (primary N) is 1. The van der Waals surface area contributed by atoms with Crippen molar-refractivity contribution in [3.05, 3.63) is 0 Å². The summed E-state index contributed by atoms with van der Waals surface area (Å²) in [6.45, 7) is 9.54. The van der Waals surface area contributed by atoms with E-state index in [0.717, 1.165) is 13.0 Å². The fraction of sp³-hybridized carbons (Fsp3) is 1.00. The molecule has 44 heavy (non-hydrogen) atoms. The third-order valence-electron chi connectivity index (χ3n) is 9.20. The van der Waals surface area contributed by atoms with Gasteiger partial charge >= 0.3 is 0 Å². The zero-order valence-electron chi connectivity index (χ0n) is 30.5. The Hall–Kier alpha value is -0.170. The smallest absolute Gasteiger partial charge is 0.217 e. The van der Waals surface area contributed by atoms with Crippen molar-refractivity contribution in [3.8, 4) is 0 Å². The fourth-order valence-electron chi connectivity index (χ4n) is 6.25. The molecule has 0 spiro atoms. The van der Waals surface area contributed by atoms with E-state index < -0.39 is 10.4 Å². The van der Waals surface area contributed by atoms with Crippen LogP contribution in [0.3, 0.4) is 0 Å². The number of hydrogen-bond acceptors (Lipinski definition) is 4. The van der Waals surface area contributed by atoms with Crippen molar-refractivity contribution in [3.63, 3.8) is 0 Å². The maximum Gasteiger partial charge on any atom is 0.217 e. The lowest BCUT2D eigenvalue weighted by Gasteiger charge is -2.16. The lowest BCUT2D eigenvalue weighted by atomic mass is 9.91. The molecule has 0 fully saturated rings. The zero-order chi connectivity index (χ0) is 32.8.